The molecule has 2 fully saturated rings. The number of likely N-dealkylation sites (tertiary alicyclic amines) is 1. The molecule has 2 aliphatic rings. The number of carbonyl (C=O) groups is 2. The van der Waals surface area contributed by atoms with Gasteiger partial charge in [-0.05, 0) is 44.2 Å². The number of carboxylic acid groups (broad SMARTS) is 1. The summed E-state index contributed by atoms with van der Waals surface area (Å²) in [7, 11) is 0. The number of hydrogen-bond acceptors (Lipinski definition) is 3. The van der Waals surface area contributed by atoms with Crippen molar-refractivity contribution in [1.82, 2.24) is 10.2 Å². The summed E-state index contributed by atoms with van der Waals surface area (Å²) in [4.78, 5) is 24.6. The van der Waals surface area contributed by atoms with E-state index in [1.54, 1.807) is 0 Å². The Hall–Kier alpha value is -1.10. The molecule has 2 aliphatic heterocycles. The summed E-state index contributed by atoms with van der Waals surface area (Å²) in [5.74, 6) is 0.267. The van der Waals surface area contributed by atoms with Gasteiger partial charge in [-0.2, -0.15) is 0 Å². The first kappa shape index (κ1) is 13.3. The lowest BCUT2D eigenvalue weighted by Crippen LogP contribution is -2.39. The van der Waals surface area contributed by atoms with E-state index in [2.05, 4.69) is 5.32 Å². The number of carboxylic acids is 1. The van der Waals surface area contributed by atoms with Crippen molar-refractivity contribution in [2.45, 2.75) is 32.1 Å². The number of aliphatic carboxylic acids is 1. The van der Waals surface area contributed by atoms with Gasteiger partial charge in [0.2, 0.25) is 5.91 Å². The maximum absolute atomic E-state index is 12.1. The largest absolute Gasteiger partial charge is 0.481 e. The van der Waals surface area contributed by atoms with Gasteiger partial charge < -0.3 is 15.3 Å². The van der Waals surface area contributed by atoms with Gasteiger partial charge in [0.15, 0.2) is 0 Å². The molecule has 0 radical (unpaired) electrons. The first-order valence-electron chi connectivity index (χ1n) is 6.85. The molecule has 2 saturated heterocycles. The van der Waals surface area contributed by atoms with E-state index in [1.165, 1.54) is 0 Å². The van der Waals surface area contributed by atoms with Crippen LogP contribution < -0.4 is 5.32 Å². The normalized spacial score (nSPS) is 25.3. The fraction of sp³-hybridized carbons (Fsp3) is 0.846. The van der Waals surface area contributed by atoms with Crippen molar-refractivity contribution in [2.75, 3.05) is 26.2 Å². The molecule has 0 bridgehead atoms. The topological polar surface area (TPSA) is 69.6 Å². The van der Waals surface area contributed by atoms with Gasteiger partial charge in [0.05, 0.1) is 0 Å². The molecule has 0 aromatic heterocycles. The van der Waals surface area contributed by atoms with Gasteiger partial charge in [0, 0.05) is 25.9 Å². The van der Waals surface area contributed by atoms with Crippen LogP contribution in [0.5, 0.6) is 0 Å². The first-order chi connectivity index (χ1) is 8.65. The van der Waals surface area contributed by atoms with Gasteiger partial charge in [0.25, 0.3) is 0 Å². The molecule has 1 atom stereocenters. The zero-order valence-electron chi connectivity index (χ0n) is 10.7. The highest BCUT2D eigenvalue weighted by atomic mass is 16.4. The quantitative estimate of drug-likeness (QED) is 0.775. The predicted octanol–water partition coefficient (Wildman–Crippen LogP) is 0.699. The van der Waals surface area contributed by atoms with Gasteiger partial charge in [-0.25, -0.2) is 0 Å². The molecule has 0 spiro atoms. The van der Waals surface area contributed by atoms with Crippen molar-refractivity contribution in [3.05, 3.63) is 0 Å². The lowest BCUT2D eigenvalue weighted by atomic mass is 9.93. The fourth-order valence-corrected chi connectivity index (χ4v) is 2.90. The minimum atomic E-state index is -0.725. The van der Waals surface area contributed by atoms with Crippen LogP contribution in [0.1, 0.15) is 32.1 Å². The Morgan fingerprint density at radius 1 is 1.11 bits per heavy atom. The van der Waals surface area contributed by atoms with E-state index in [4.69, 9.17) is 5.11 Å². The molecule has 2 N–H and O–H groups in total. The Balaban J connectivity index is 1.71. The van der Waals surface area contributed by atoms with E-state index in [0.29, 0.717) is 12.3 Å². The first-order valence-corrected chi connectivity index (χ1v) is 6.85. The SMILES string of the molecule is O=C(O)CC1CCN(C(=O)CC2CCNC2)CC1. The van der Waals surface area contributed by atoms with Crippen LogP contribution in [0.25, 0.3) is 0 Å². The lowest BCUT2D eigenvalue weighted by Gasteiger charge is -2.32. The smallest absolute Gasteiger partial charge is 0.303 e. The van der Waals surface area contributed by atoms with Gasteiger partial charge >= 0.3 is 5.97 Å². The van der Waals surface area contributed by atoms with Crippen molar-refractivity contribution in [1.29, 1.82) is 0 Å². The van der Waals surface area contributed by atoms with E-state index in [1.807, 2.05) is 4.90 Å². The van der Waals surface area contributed by atoms with Gasteiger partial charge in [0.1, 0.15) is 0 Å². The minimum absolute atomic E-state index is 0.245. The third kappa shape index (κ3) is 3.70. The number of carbonyl (C=O) groups excluding carboxylic acids is 1. The summed E-state index contributed by atoms with van der Waals surface area (Å²) in [6.45, 7) is 3.45. The van der Waals surface area contributed by atoms with E-state index >= 15 is 0 Å². The Morgan fingerprint density at radius 2 is 1.83 bits per heavy atom. The fourth-order valence-electron chi connectivity index (χ4n) is 2.90. The molecule has 0 saturated carbocycles. The third-order valence-corrected chi connectivity index (χ3v) is 4.06. The molecule has 5 heteroatoms. The number of nitrogens with one attached hydrogen (secondary N) is 1. The lowest BCUT2D eigenvalue weighted by molar-refractivity contribution is -0.138. The molecule has 0 aromatic carbocycles. The van der Waals surface area contributed by atoms with Crippen LogP contribution in [0.2, 0.25) is 0 Å². The Kier molecular flexibility index (Phi) is 4.58. The summed E-state index contributed by atoms with van der Waals surface area (Å²) < 4.78 is 0. The van der Waals surface area contributed by atoms with Crippen LogP contribution in [-0.2, 0) is 9.59 Å². The molecule has 2 rings (SSSR count). The monoisotopic (exact) mass is 254 g/mol. The van der Waals surface area contributed by atoms with E-state index in [0.717, 1.165) is 45.4 Å². The highest BCUT2D eigenvalue weighted by Gasteiger charge is 2.26. The molecule has 0 aliphatic carbocycles. The summed E-state index contributed by atoms with van der Waals surface area (Å²) in [6, 6.07) is 0. The van der Waals surface area contributed by atoms with E-state index in [-0.39, 0.29) is 18.2 Å². The van der Waals surface area contributed by atoms with Crippen LogP contribution in [-0.4, -0.2) is 48.1 Å². The molecule has 0 aromatic rings. The Bertz CT molecular complexity index is 305. The van der Waals surface area contributed by atoms with Crippen LogP contribution in [0, 0.1) is 11.8 Å². The number of nitrogens with zero attached hydrogens (tertiary/aromatic N) is 1. The average Bonchev–Trinajstić information content (AvgIpc) is 2.82. The molecule has 102 valence electrons. The highest BCUT2D eigenvalue weighted by Crippen LogP contribution is 2.22. The van der Waals surface area contributed by atoms with Crippen molar-refractivity contribution in [3.63, 3.8) is 0 Å². The molecule has 5 nitrogen and oxygen atoms in total. The summed E-state index contributed by atoms with van der Waals surface area (Å²) in [5.41, 5.74) is 0. The van der Waals surface area contributed by atoms with Crippen molar-refractivity contribution < 1.29 is 14.7 Å². The van der Waals surface area contributed by atoms with Gasteiger partial charge in [-0.1, -0.05) is 0 Å². The Morgan fingerprint density at radius 3 is 2.39 bits per heavy atom. The summed E-state index contributed by atoms with van der Waals surface area (Å²) >= 11 is 0. The van der Waals surface area contributed by atoms with Crippen molar-refractivity contribution in [2.24, 2.45) is 11.8 Å². The van der Waals surface area contributed by atoms with Crippen LogP contribution in [0.3, 0.4) is 0 Å². The minimum Gasteiger partial charge on any atom is -0.481 e. The molecule has 18 heavy (non-hydrogen) atoms. The number of amides is 1. The molecule has 1 amide bonds. The third-order valence-electron chi connectivity index (χ3n) is 4.06. The van der Waals surface area contributed by atoms with Crippen molar-refractivity contribution in [3.8, 4) is 0 Å². The van der Waals surface area contributed by atoms with Gasteiger partial charge in [-0.15, -0.1) is 0 Å². The Labute approximate surface area is 108 Å². The summed E-state index contributed by atoms with van der Waals surface area (Å²) in [5, 5.41) is 12.0. The summed E-state index contributed by atoms with van der Waals surface area (Å²) in [6.07, 6.45) is 3.66. The number of rotatable bonds is 4. The van der Waals surface area contributed by atoms with E-state index in [9.17, 15) is 9.59 Å². The van der Waals surface area contributed by atoms with Crippen molar-refractivity contribution >= 4 is 11.9 Å². The molecule has 2 heterocycles. The molecular weight excluding hydrogens is 232 g/mol. The second kappa shape index (κ2) is 6.18. The highest BCUT2D eigenvalue weighted by molar-refractivity contribution is 5.76. The molecule has 1 unspecified atom stereocenters. The zero-order chi connectivity index (χ0) is 13.0. The maximum Gasteiger partial charge on any atom is 0.303 e. The van der Waals surface area contributed by atoms with Crippen LogP contribution in [0.4, 0.5) is 0 Å². The molecular formula is C13H22N2O3. The number of hydrogen-bond donors (Lipinski definition) is 2. The van der Waals surface area contributed by atoms with Crippen LogP contribution >= 0.6 is 0 Å². The second-order valence-electron chi connectivity index (χ2n) is 5.48. The predicted molar refractivity (Wildman–Crippen MR) is 67.2 cm³/mol. The van der Waals surface area contributed by atoms with E-state index < -0.39 is 5.97 Å². The van der Waals surface area contributed by atoms with Gasteiger partial charge in [-0.3, -0.25) is 9.59 Å². The second-order valence-corrected chi connectivity index (χ2v) is 5.48. The van der Waals surface area contributed by atoms with Crippen LogP contribution in [0.15, 0.2) is 0 Å². The number of piperidine rings is 1. The zero-order valence-corrected chi connectivity index (χ0v) is 10.7. The average molecular weight is 254 g/mol. The standard InChI is InChI=1S/C13H22N2O3/c16-12(7-11-1-4-14-9-11)15-5-2-10(3-6-15)8-13(17)18/h10-11,14H,1-9H2,(H,17,18). The maximum atomic E-state index is 12.1.